The van der Waals surface area contributed by atoms with Gasteiger partial charge in [-0.2, -0.15) is 0 Å². The summed E-state index contributed by atoms with van der Waals surface area (Å²) in [7, 11) is 1.84. The molecule has 1 aliphatic rings. The Morgan fingerprint density at radius 2 is 2.14 bits per heavy atom. The molecule has 3 unspecified atom stereocenters. The van der Waals surface area contributed by atoms with E-state index in [9.17, 15) is 9.18 Å². The number of carbonyl (C=O) groups excluding carboxylic acids is 1. The van der Waals surface area contributed by atoms with E-state index in [1.165, 1.54) is 6.07 Å². The lowest BCUT2D eigenvalue weighted by molar-refractivity contribution is -0.136. The molecule has 0 saturated carbocycles. The van der Waals surface area contributed by atoms with Crippen molar-refractivity contribution >= 4 is 18.3 Å². The minimum Gasteiger partial charge on any atom is -0.335 e. The lowest BCUT2D eigenvalue weighted by atomic mass is 10.00. The van der Waals surface area contributed by atoms with E-state index < -0.39 is 0 Å². The number of hydrogen-bond donors (Lipinski definition) is 1. The summed E-state index contributed by atoms with van der Waals surface area (Å²) >= 11 is 0. The molecule has 21 heavy (non-hydrogen) atoms. The Hall–Kier alpha value is -1.13. The van der Waals surface area contributed by atoms with Gasteiger partial charge in [-0.3, -0.25) is 4.79 Å². The van der Waals surface area contributed by atoms with Gasteiger partial charge in [-0.25, -0.2) is 4.39 Å². The second-order valence-electron chi connectivity index (χ2n) is 5.83. The summed E-state index contributed by atoms with van der Waals surface area (Å²) in [5.74, 6) is 0.215. The summed E-state index contributed by atoms with van der Waals surface area (Å²) in [6, 6.07) is 6.66. The molecule has 1 heterocycles. The van der Waals surface area contributed by atoms with Crippen LogP contribution < -0.4 is 5.32 Å². The highest BCUT2D eigenvalue weighted by atomic mass is 35.5. The topological polar surface area (TPSA) is 32.3 Å². The fourth-order valence-electron chi connectivity index (χ4n) is 3.01. The van der Waals surface area contributed by atoms with Crippen molar-refractivity contribution in [3.05, 3.63) is 35.6 Å². The van der Waals surface area contributed by atoms with Crippen molar-refractivity contribution in [1.82, 2.24) is 10.2 Å². The Labute approximate surface area is 132 Å². The fourth-order valence-corrected chi connectivity index (χ4v) is 3.01. The third-order valence-electron chi connectivity index (χ3n) is 3.99. The van der Waals surface area contributed by atoms with Crippen LogP contribution in [-0.4, -0.2) is 30.9 Å². The van der Waals surface area contributed by atoms with E-state index >= 15 is 0 Å². The summed E-state index contributed by atoms with van der Waals surface area (Å²) in [5, 5.41) is 3.03. The number of hydrogen-bond acceptors (Lipinski definition) is 2. The van der Waals surface area contributed by atoms with E-state index in [0.717, 1.165) is 6.42 Å². The lowest BCUT2D eigenvalue weighted by Gasteiger charge is -2.28. The van der Waals surface area contributed by atoms with E-state index in [1.54, 1.807) is 12.1 Å². The highest BCUT2D eigenvalue weighted by Gasteiger charge is 2.36. The quantitative estimate of drug-likeness (QED) is 0.926. The van der Waals surface area contributed by atoms with Crippen molar-refractivity contribution in [2.24, 2.45) is 11.8 Å². The van der Waals surface area contributed by atoms with Crippen LogP contribution in [0.5, 0.6) is 0 Å². The predicted molar refractivity (Wildman–Crippen MR) is 85.0 cm³/mol. The molecule has 1 saturated heterocycles. The molecule has 118 valence electrons. The average Bonchev–Trinajstić information content (AvgIpc) is 2.80. The predicted octanol–water partition coefficient (Wildman–Crippen LogP) is 3.01. The zero-order valence-corrected chi connectivity index (χ0v) is 13.6. The molecule has 3 atom stereocenters. The third-order valence-corrected chi connectivity index (χ3v) is 3.99. The van der Waals surface area contributed by atoms with Crippen molar-refractivity contribution in [3.8, 4) is 0 Å². The Bertz CT molecular complexity index is 483. The molecule has 3 nitrogen and oxygen atoms in total. The maximum atomic E-state index is 14.0. The SMILES string of the molecule is CNCC(C)C(=O)N1CC(C)CC1c1ccccc1F.Cl. The minimum atomic E-state index is -0.217. The van der Waals surface area contributed by atoms with Crippen molar-refractivity contribution in [2.45, 2.75) is 26.3 Å². The molecule has 0 aromatic heterocycles. The molecule has 0 radical (unpaired) electrons. The maximum Gasteiger partial charge on any atom is 0.227 e. The van der Waals surface area contributed by atoms with Crippen LogP contribution in [-0.2, 0) is 4.79 Å². The van der Waals surface area contributed by atoms with Crippen LogP contribution in [0.2, 0.25) is 0 Å². The second kappa shape index (κ2) is 7.76. The van der Waals surface area contributed by atoms with Gasteiger partial charge in [-0.1, -0.05) is 32.0 Å². The molecular formula is C16H24ClFN2O. The van der Waals surface area contributed by atoms with E-state index in [-0.39, 0.29) is 36.1 Å². The smallest absolute Gasteiger partial charge is 0.227 e. The van der Waals surface area contributed by atoms with Gasteiger partial charge in [-0.15, -0.1) is 12.4 Å². The van der Waals surface area contributed by atoms with Crippen LogP contribution in [0.1, 0.15) is 31.9 Å². The Morgan fingerprint density at radius 3 is 2.76 bits per heavy atom. The number of rotatable bonds is 4. The number of benzene rings is 1. The number of amides is 1. The van der Waals surface area contributed by atoms with Gasteiger partial charge in [0.25, 0.3) is 0 Å². The summed E-state index contributed by atoms with van der Waals surface area (Å²) < 4.78 is 14.0. The van der Waals surface area contributed by atoms with Gasteiger partial charge in [0.2, 0.25) is 5.91 Å². The van der Waals surface area contributed by atoms with Crippen LogP contribution in [0.15, 0.2) is 24.3 Å². The zero-order valence-electron chi connectivity index (χ0n) is 12.8. The van der Waals surface area contributed by atoms with Crippen molar-refractivity contribution in [2.75, 3.05) is 20.1 Å². The van der Waals surface area contributed by atoms with Crippen LogP contribution in [0.4, 0.5) is 4.39 Å². The Balaban J connectivity index is 0.00000220. The van der Waals surface area contributed by atoms with E-state index in [1.807, 2.05) is 24.9 Å². The number of likely N-dealkylation sites (tertiary alicyclic amines) is 1. The first-order chi connectivity index (χ1) is 9.54. The van der Waals surface area contributed by atoms with Gasteiger partial charge in [0.05, 0.1) is 6.04 Å². The number of carbonyl (C=O) groups is 1. The lowest BCUT2D eigenvalue weighted by Crippen LogP contribution is -2.38. The summed E-state index contributed by atoms with van der Waals surface area (Å²) in [6.45, 7) is 5.39. The third kappa shape index (κ3) is 3.95. The standard InChI is InChI=1S/C16H23FN2O.ClH/c1-11-8-15(13-6-4-5-7-14(13)17)19(10-11)16(20)12(2)9-18-3;/h4-7,11-12,15,18H,8-10H2,1-3H3;1H. The van der Waals surface area contributed by atoms with E-state index in [0.29, 0.717) is 24.6 Å². The van der Waals surface area contributed by atoms with Crippen LogP contribution in [0.25, 0.3) is 0 Å². The van der Waals surface area contributed by atoms with Crippen molar-refractivity contribution in [1.29, 1.82) is 0 Å². The average molecular weight is 315 g/mol. The number of halogens is 2. The fraction of sp³-hybridized carbons (Fsp3) is 0.562. The maximum absolute atomic E-state index is 14.0. The van der Waals surface area contributed by atoms with E-state index in [2.05, 4.69) is 12.2 Å². The molecule has 2 rings (SSSR count). The van der Waals surface area contributed by atoms with Crippen molar-refractivity contribution < 1.29 is 9.18 Å². The summed E-state index contributed by atoms with van der Waals surface area (Å²) in [5.41, 5.74) is 0.641. The van der Waals surface area contributed by atoms with Crippen molar-refractivity contribution in [3.63, 3.8) is 0 Å². The molecule has 0 aliphatic carbocycles. The summed E-state index contributed by atoms with van der Waals surface area (Å²) in [6.07, 6.45) is 0.832. The molecule has 1 fully saturated rings. The molecule has 5 heteroatoms. The first-order valence-corrected chi connectivity index (χ1v) is 7.24. The highest BCUT2D eigenvalue weighted by Crippen LogP contribution is 2.37. The minimum absolute atomic E-state index is 0. The van der Waals surface area contributed by atoms with Gasteiger partial charge in [0.15, 0.2) is 0 Å². The molecule has 1 aromatic rings. The van der Waals surface area contributed by atoms with Gasteiger partial charge in [0.1, 0.15) is 5.82 Å². The number of nitrogens with one attached hydrogen (secondary N) is 1. The van der Waals surface area contributed by atoms with Gasteiger partial charge in [-0.05, 0) is 25.5 Å². The normalized spacial score (nSPS) is 22.8. The van der Waals surface area contributed by atoms with Gasteiger partial charge in [0, 0.05) is 24.6 Å². The molecule has 0 spiro atoms. The van der Waals surface area contributed by atoms with E-state index in [4.69, 9.17) is 0 Å². The first kappa shape index (κ1) is 17.9. The molecule has 1 N–H and O–H groups in total. The van der Waals surface area contributed by atoms with Crippen LogP contribution in [0, 0.1) is 17.7 Å². The molecule has 1 amide bonds. The van der Waals surface area contributed by atoms with Gasteiger partial charge >= 0.3 is 0 Å². The Kier molecular flexibility index (Phi) is 6.62. The molecular weight excluding hydrogens is 291 g/mol. The Morgan fingerprint density at radius 1 is 1.48 bits per heavy atom. The monoisotopic (exact) mass is 314 g/mol. The molecule has 0 bridgehead atoms. The van der Waals surface area contributed by atoms with Gasteiger partial charge < -0.3 is 10.2 Å². The van der Waals surface area contributed by atoms with Crippen LogP contribution >= 0.6 is 12.4 Å². The molecule has 1 aromatic carbocycles. The number of nitrogens with zero attached hydrogens (tertiary/aromatic N) is 1. The second-order valence-corrected chi connectivity index (χ2v) is 5.83. The zero-order chi connectivity index (χ0) is 14.7. The highest BCUT2D eigenvalue weighted by molar-refractivity contribution is 5.85. The molecule has 1 aliphatic heterocycles. The first-order valence-electron chi connectivity index (χ1n) is 7.24. The van der Waals surface area contributed by atoms with Crippen LogP contribution in [0.3, 0.4) is 0 Å². The largest absolute Gasteiger partial charge is 0.335 e. The summed E-state index contributed by atoms with van der Waals surface area (Å²) in [4.78, 5) is 14.4.